The van der Waals surface area contributed by atoms with Crippen molar-refractivity contribution in [3.05, 3.63) is 89.5 Å². The molecular weight excluding hydrogens is 434 g/mol. The van der Waals surface area contributed by atoms with Crippen molar-refractivity contribution < 1.29 is 13.2 Å². The van der Waals surface area contributed by atoms with Gasteiger partial charge in [-0.2, -0.15) is 4.31 Å². The summed E-state index contributed by atoms with van der Waals surface area (Å²) in [6.45, 7) is 8.22. The van der Waals surface area contributed by atoms with Crippen molar-refractivity contribution in [2.24, 2.45) is 0 Å². The summed E-state index contributed by atoms with van der Waals surface area (Å²) in [5.41, 5.74) is 3.80. The van der Waals surface area contributed by atoms with E-state index in [-0.39, 0.29) is 16.8 Å². The first-order chi connectivity index (χ1) is 15.8. The van der Waals surface area contributed by atoms with Crippen LogP contribution < -0.4 is 10.6 Å². The summed E-state index contributed by atoms with van der Waals surface area (Å²) >= 11 is 0. The molecule has 0 fully saturated rings. The minimum absolute atomic E-state index is 0.122. The zero-order valence-electron chi connectivity index (χ0n) is 19.5. The standard InChI is InChI=1S/C26H31N3O3S/c1-5-29(6-2)33(31,32)24-17-12-19(3)25(18-24)26(30)28-23-15-13-22(14-16-23)27-20(4)21-10-8-7-9-11-21/h7-18,20,27H,5-6H2,1-4H3,(H,28,30). The predicted octanol–water partition coefficient (Wildman–Crippen LogP) is 5.45. The fourth-order valence-electron chi connectivity index (χ4n) is 3.64. The third kappa shape index (κ3) is 5.80. The molecule has 174 valence electrons. The number of sulfonamides is 1. The highest BCUT2D eigenvalue weighted by Gasteiger charge is 2.23. The number of hydrogen-bond acceptors (Lipinski definition) is 4. The normalized spacial score (nSPS) is 12.4. The van der Waals surface area contributed by atoms with Crippen LogP contribution in [-0.4, -0.2) is 31.7 Å². The monoisotopic (exact) mass is 465 g/mol. The van der Waals surface area contributed by atoms with E-state index in [0.29, 0.717) is 29.9 Å². The van der Waals surface area contributed by atoms with E-state index in [4.69, 9.17) is 0 Å². The molecule has 0 aliphatic heterocycles. The van der Waals surface area contributed by atoms with Crippen LogP contribution in [0.4, 0.5) is 11.4 Å². The van der Waals surface area contributed by atoms with Crippen molar-refractivity contribution in [3.63, 3.8) is 0 Å². The lowest BCUT2D eigenvalue weighted by molar-refractivity contribution is 0.102. The molecule has 0 aliphatic rings. The summed E-state index contributed by atoms with van der Waals surface area (Å²) in [6, 6.07) is 22.4. The zero-order valence-corrected chi connectivity index (χ0v) is 20.3. The minimum atomic E-state index is -3.64. The van der Waals surface area contributed by atoms with Crippen LogP contribution in [0.5, 0.6) is 0 Å². The van der Waals surface area contributed by atoms with Crippen molar-refractivity contribution in [2.45, 2.75) is 38.6 Å². The van der Waals surface area contributed by atoms with Gasteiger partial charge in [-0.25, -0.2) is 8.42 Å². The first-order valence-electron chi connectivity index (χ1n) is 11.1. The molecule has 0 bridgehead atoms. The Hall–Kier alpha value is -3.16. The molecule has 0 aliphatic carbocycles. The van der Waals surface area contributed by atoms with E-state index in [9.17, 15) is 13.2 Å². The quantitative estimate of drug-likeness (QED) is 0.440. The Kier molecular flexibility index (Phi) is 7.89. The van der Waals surface area contributed by atoms with Crippen LogP contribution in [0, 0.1) is 6.92 Å². The van der Waals surface area contributed by atoms with E-state index in [1.165, 1.54) is 15.9 Å². The van der Waals surface area contributed by atoms with Crippen molar-refractivity contribution in [3.8, 4) is 0 Å². The number of carbonyl (C=O) groups excluding carboxylic acids is 1. The maximum atomic E-state index is 12.9. The molecule has 1 unspecified atom stereocenters. The largest absolute Gasteiger partial charge is 0.379 e. The average Bonchev–Trinajstić information content (AvgIpc) is 2.81. The fourth-order valence-corrected chi connectivity index (χ4v) is 5.13. The number of aryl methyl sites for hydroxylation is 1. The molecule has 3 aromatic rings. The van der Waals surface area contributed by atoms with Gasteiger partial charge in [0, 0.05) is 36.1 Å². The van der Waals surface area contributed by atoms with Gasteiger partial charge < -0.3 is 10.6 Å². The Morgan fingerprint density at radius 1 is 0.909 bits per heavy atom. The molecule has 3 aromatic carbocycles. The van der Waals surface area contributed by atoms with Gasteiger partial charge in [-0.1, -0.05) is 50.2 Å². The Morgan fingerprint density at radius 2 is 1.52 bits per heavy atom. The Labute approximate surface area is 196 Å². The second kappa shape index (κ2) is 10.6. The van der Waals surface area contributed by atoms with E-state index in [1.807, 2.05) is 42.5 Å². The van der Waals surface area contributed by atoms with E-state index >= 15 is 0 Å². The Bertz CT molecular complexity index is 1190. The number of amides is 1. The highest BCUT2D eigenvalue weighted by atomic mass is 32.2. The van der Waals surface area contributed by atoms with Crippen molar-refractivity contribution in [1.82, 2.24) is 4.31 Å². The number of nitrogens with zero attached hydrogens (tertiary/aromatic N) is 1. The second-order valence-corrected chi connectivity index (χ2v) is 9.81. The summed E-state index contributed by atoms with van der Waals surface area (Å²) in [5, 5.41) is 6.31. The SMILES string of the molecule is CCN(CC)S(=O)(=O)c1ccc(C)c(C(=O)Nc2ccc(NC(C)c3ccccc3)cc2)c1. The van der Waals surface area contributed by atoms with Crippen molar-refractivity contribution in [1.29, 1.82) is 0 Å². The molecule has 0 saturated carbocycles. The smallest absolute Gasteiger partial charge is 0.255 e. The Balaban J connectivity index is 1.73. The number of anilines is 2. The molecule has 0 saturated heterocycles. The van der Waals surface area contributed by atoms with Gasteiger partial charge in [0.1, 0.15) is 0 Å². The molecular formula is C26H31N3O3S. The van der Waals surface area contributed by atoms with Crippen LogP contribution in [0.3, 0.4) is 0 Å². The van der Waals surface area contributed by atoms with Crippen molar-refractivity contribution in [2.75, 3.05) is 23.7 Å². The van der Waals surface area contributed by atoms with Gasteiger partial charge >= 0.3 is 0 Å². The molecule has 0 aromatic heterocycles. The number of nitrogens with one attached hydrogen (secondary N) is 2. The predicted molar refractivity (Wildman–Crippen MR) is 134 cm³/mol. The molecule has 2 N–H and O–H groups in total. The molecule has 0 spiro atoms. The zero-order chi connectivity index (χ0) is 24.0. The van der Waals surface area contributed by atoms with Crippen LogP contribution in [0.15, 0.2) is 77.7 Å². The molecule has 1 amide bonds. The van der Waals surface area contributed by atoms with Gasteiger partial charge in [-0.05, 0) is 61.4 Å². The molecule has 3 rings (SSSR count). The van der Waals surface area contributed by atoms with Crippen LogP contribution in [0.2, 0.25) is 0 Å². The van der Waals surface area contributed by atoms with Gasteiger partial charge in [0.15, 0.2) is 0 Å². The summed E-state index contributed by atoms with van der Waals surface area (Å²) < 4.78 is 27.1. The van der Waals surface area contributed by atoms with Crippen LogP contribution in [-0.2, 0) is 10.0 Å². The maximum Gasteiger partial charge on any atom is 0.255 e. The summed E-state index contributed by atoms with van der Waals surface area (Å²) in [6.07, 6.45) is 0. The third-order valence-electron chi connectivity index (χ3n) is 5.62. The van der Waals surface area contributed by atoms with Gasteiger partial charge in [0.25, 0.3) is 5.91 Å². The first-order valence-corrected chi connectivity index (χ1v) is 12.5. The van der Waals surface area contributed by atoms with Crippen LogP contribution in [0.1, 0.15) is 48.3 Å². The van der Waals surface area contributed by atoms with E-state index in [0.717, 1.165) is 5.69 Å². The number of hydrogen-bond donors (Lipinski definition) is 2. The van der Waals surface area contributed by atoms with Gasteiger partial charge in [-0.15, -0.1) is 0 Å². The van der Waals surface area contributed by atoms with E-state index in [1.54, 1.807) is 32.9 Å². The van der Waals surface area contributed by atoms with E-state index in [2.05, 4.69) is 29.7 Å². The molecule has 6 nitrogen and oxygen atoms in total. The topological polar surface area (TPSA) is 78.5 Å². The Morgan fingerprint density at radius 3 is 2.12 bits per heavy atom. The van der Waals surface area contributed by atoms with Gasteiger partial charge in [-0.3, -0.25) is 4.79 Å². The average molecular weight is 466 g/mol. The summed E-state index contributed by atoms with van der Waals surface area (Å²) in [7, 11) is -3.64. The lowest BCUT2D eigenvalue weighted by atomic mass is 10.1. The number of rotatable bonds is 9. The highest BCUT2D eigenvalue weighted by Crippen LogP contribution is 2.23. The highest BCUT2D eigenvalue weighted by molar-refractivity contribution is 7.89. The molecule has 0 radical (unpaired) electrons. The van der Waals surface area contributed by atoms with Gasteiger partial charge in [0.2, 0.25) is 10.0 Å². The van der Waals surface area contributed by atoms with Crippen LogP contribution in [0.25, 0.3) is 0 Å². The molecule has 1 atom stereocenters. The van der Waals surface area contributed by atoms with E-state index < -0.39 is 10.0 Å². The fraction of sp³-hybridized carbons (Fsp3) is 0.269. The lowest BCUT2D eigenvalue weighted by Gasteiger charge is -2.19. The second-order valence-electron chi connectivity index (χ2n) is 7.87. The summed E-state index contributed by atoms with van der Waals surface area (Å²) in [5.74, 6) is -0.345. The maximum absolute atomic E-state index is 12.9. The molecule has 33 heavy (non-hydrogen) atoms. The minimum Gasteiger partial charge on any atom is -0.379 e. The number of carbonyl (C=O) groups is 1. The number of benzene rings is 3. The van der Waals surface area contributed by atoms with Gasteiger partial charge in [0.05, 0.1) is 4.90 Å². The summed E-state index contributed by atoms with van der Waals surface area (Å²) in [4.78, 5) is 13.1. The van der Waals surface area contributed by atoms with Crippen LogP contribution >= 0.6 is 0 Å². The lowest BCUT2D eigenvalue weighted by Crippen LogP contribution is -2.30. The van der Waals surface area contributed by atoms with Crippen molar-refractivity contribution >= 4 is 27.3 Å². The molecule has 7 heteroatoms. The molecule has 0 heterocycles. The first kappa shape index (κ1) is 24.5. The third-order valence-corrected chi connectivity index (χ3v) is 7.67.